The molecule has 3 nitrogen and oxygen atoms in total. The second-order valence-corrected chi connectivity index (χ2v) is 3.14. The summed E-state index contributed by atoms with van der Waals surface area (Å²) in [5, 5.41) is 0.344. The molecule has 0 bridgehead atoms. The first-order valence-corrected chi connectivity index (χ1v) is 4.14. The molecule has 0 saturated heterocycles. The first-order chi connectivity index (χ1) is 6.06. The lowest BCUT2D eigenvalue weighted by Crippen LogP contribution is -2.21. The molecular weight excluding hydrogens is 193 g/mol. The largest absolute Gasteiger partial charge is 0.396 e. The van der Waals surface area contributed by atoms with Gasteiger partial charge in [0.25, 0.3) is 0 Å². The summed E-state index contributed by atoms with van der Waals surface area (Å²) in [6.07, 6.45) is 0. The van der Waals surface area contributed by atoms with Gasteiger partial charge in [-0.1, -0.05) is 11.6 Å². The van der Waals surface area contributed by atoms with Crippen LogP contribution in [-0.4, -0.2) is 6.54 Å². The van der Waals surface area contributed by atoms with E-state index in [0.29, 0.717) is 10.6 Å². The molecule has 0 amide bonds. The molecule has 0 spiro atoms. The lowest BCUT2D eigenvalue weighted by atomic mass is 10.1. The monoisotopic (exact) mass is 203 g/mol. The summed E-state index contributed by atoms with van der Waals surface area (Å²) < 4.78 is 13.0. The Morgan fingerprint density at radius 1 is 1.46 bits per heavy atom. The van der Waals surface area contributed by atoms with Crippen LogP contribution in [0.3, 0.4) is 0 Å². The quantitative estimate of drug-likeness (QED) is 0.628. The van der Waals surface area contributed by atoms with Crippen molar-refractivity contribution in [3.8, 4) is 0 Å². The number of rotatable bonds is 2. The van der Waals surface area contributed by atoms with Crippen molar-refractivity contribution in [2.24, 2.45) is 11.5 Å². The molecule has 0 aliphatic heterocycles. The van der Waals surface area contributed by atoms with Crippen LogP contribution < -0.4 is 17.2 Å². The van der Waals surface area contributed by atoms with E-state index in [1.165, 1.54) is 12.1 Å². The molecule has 0 heterocycles. The molecule has 0 radical (unpaired) electrons. The van der Waals surface area contributed by atoms with Gasteiger partial charge >= 0.3 is 0 Å². The first kappa shape index (κ1) is 10.2. The zero-order chi connectivity index (χ0) is 10.0. The predicted octanol–water partition coefficient (Wildman–Crippen LogP) is 1.02. The van der Waals surface area contributed by atoms with Gasteiger partial charge in [0.05, 0.1) is 5.69 Å². The fraction of sp³-hybridized carbons (Fsp3) is 0.250. The van der Waals surface area contributed by atoms with Gasteiger partial charge in [-0.15, -0.1) is 0 Å². The summed E-state index contributed by atoms with van der Waals surface area (Å²) in [7, 11) is 0. The standard InChI is InChI=1S/C8H11ClFN3/c9-5-2-7(12)6(10)1-4(5)8(13)3-11/h1-2,8H,3,11-13H2. The average molecular weight is 204 g/mol. The van der Waals surface area contributed by atoms with Crippen molar-refractivity contribution in [1.82, 2.24) is 0 Å². The van der Waals surface area contributed by atoms with Crippen LogP contribution in [0.25, 0.3) is 0 Å². The summed E-state index contributed by atoms with van der Waals surface area (Å²) in [4.78, 5) is 0. The van der Waals surface area contributed by atoms with Crippen LogP contribution in [0.2, 0.25) is 5.02 Å². The summed E-state index contributed by atoms with van der Waals surface area (Å²) in [5.41, 5.74) is 16.7. The Labute approximate surface area is 80.6 Å². The fourth-order valence-corrected chi connectivity index (χ4v) is 1.30. The van der Waals surface area contributed by atoms with E-state index in [4.69, 9.17) is 28.8 Å². The molecule has 1 rings (SSSR count). The highest BCUT2D eigenvalue weighted by Gasteiger charge is 2.11. The maximum atomic E-state index is 13.0. The molecule has 6 N–H and O–H groups in total. The molecule has 1 unspecified atom stereocenters. The highest BCUT2D eigenvalue weighted by molar-refractivity contribution is 6.31. The van der Waals surface area contributed by atoms with Gasteiger partial charge in [-0.05, 0) is 17.7 Å². The van der Waals surface area contributed by atoms with Crippen LogP contribution in [0.15, 0.2) is 12.1 Å². The van der Waals surface area contributed by atoms with Crippen molar-refractivity contribution in [3.63, 3.8) is 0 Å². The maximum Gasteiger partial charge on any atom is 0.146 e. The van der Waals surface area contributed by atoms with Gasteiger partial charge < -0.3 is 17.2 Å². The Bertz CT molecular complexity index is 317. The smallest absolute Gasteiger partial charge is 0.146 e. The number of hydrogen-bond donors (Lipinski definition) is 3. The molecule has 0 fully saturated rings. The highest BCUT2D eigenvalue weighted by Crippen LogP contribution is 2.25. The Morgan fingerprint density at radius 3 is 2.62 bits per heavy atom. The van der Waals surface area contributed by atoms with Gasteiger partial charge in [-0.25, -0.2) is 4.39 Å². The van der Waals surface area contributed by atoms with Crippen molar-refractivity contribution in [3.05, 3.63) is 28.5 Å². The van der Waals surface area contributed by atoms with Crippen LogP contribution in [-0.2, 0) is 0 Å². The SMILES string of the molecule is NCC(N)c1cc(F)c(N)cc1Cl. The first-order valence-electron chi connectivity index (χ1n) is 3.76. The number of halogens is 2. The highest BCUT2D eigenvalue weighted by atomic mass is 35.5. The normalized spacial score (nSPS) is 12.9. The van der Waals surface area contributed by atoms with Gasteiger partial charge in [0.15, 0.2) is 0 Å². The van der Waals surface area contributed by atoms with E-state index in [0.717, 1.165) is 0 Å². The molecule has 13 heavy (non-hydrogen) atoms. The lowest BCUT2D eigenvalue weighted by Gasteiger charge is -2.11. The van der Waals surface area contributed by atoms with Crippen LogP contribution in [0, 0.1) is 5.82 Å². The third-order valence-corrected chi connectivity index (χ3v) is 2.10. The second kappa shape index (κ2) is 3.91. The summed E-state index contributed by atoms with van der Waals surface area (Å²) >= 11 is 5.79. The fourth-order valence-electron chi connectivity index (χ4n) is 0.989. The summed E-state index contributed by atoms with van der Waals surface area (Å²) in [6.45, 7) is 0.211. The molecule has 0 aliphatic rings. The van der Waals surface area contributed by atoms with Crippen molar-refractivity contribution >= 4 is 17.3 Å². The number of benzene rings is 1. The van der Waals surface area contributed by atoms with Crippen LogP contribution in [0.5, 0.6) is 0 Å². The number of hydrogen-bond acceptors (Lipinski definition) is 3. The molecule has 0 saturated carbocycles. The van der Waals surface area contributed by atoms with Gasteiger partial charge in [0.2, 0.25) is 0 Å². The Morgan fingerprint density at radius 2 is 2.08 bits per heavy atom. The van der Waals surface area contributed by atoms with Gasteiger partial charge in [0.1, 0.15) is 5.82 Å². The summed E-state index contributed by atoms with van der Waals surface area (Å²) in [6, 6.07) is 2.10. The van der Waals surface area contributed by atoms with Gasteiger partial charge in [-0.2, -0.15) is 0 Å². The van der Waals surface area contributed by atoms with E-state index in [2.05, 4.69) is 0 Å². The van der Waals surface area contributed by atoms with Crippen LogP contribution in [0.4, 0.5) is 10.1 Å². The predicted molar refractivity (Wildman–Crippen MR) is 51.8 cm³/mol. The van der Waals surface area contributed by atoms with Crippen molar-refractivity contribution in [1.29, 1.82) is 0 Å². The van der Waals surface area contributed by atoms with Crippen molar-refractivity contribution in [2.75, 3.05) is 12.3 Å². The molecule has 1 aromatic rings. The Kier molecular flexibility index (Phi) is 3.08. The van der Waals surface area contributed by atoms with Crippen molar-refractivity contribution in [2.45, 2.75) is 6.04 Å². The summed E-state index contributed by atoms with van der Waals surface area (Å²) in [5.74, 6) is -0.525. The lowest BCUT2D eigenvalue weighted by molar-refractivity contribution is 0.624. The van der Waals surface area contributed by atoms with Crippen molar-refractivity contribution < 1.29 is 4.39 Å². The zero-order valence-electron chi connectivity index (χ0n) is 6.93. The minimum absolute atomic E-state index is 0.0120. The van der Waals surface area contributed by atoms with Crippen LogP contribution in [0.1, 0.15) is 11.6 Å². The molecule has 72 valence electrons. The van der Waals surface area contributed by atoms with E-state index in [-0.39, 0.29) is 12.2 Å². The van der Waals surface area contributed by atoms with E-state index in [1.54, 1.807) is 0 Å². The van der Waals surface area contributed by atoms with E-state index >= 15 is 0 Å². The van der Waals surface area contributed by atoms with E-state index in [9.17, 15) is 4.39 Å². The second-order valence-electron chi connectivity index (χ2n) is 2.74. The maximum absolute atomic E-state index is 13.0. The zero-order valence-corrected chi connectivity index (χ0v) is 7.68. The topological polar surface area (TPSA) is 78.1 Å². The Hall–Kier alpha value is -0.840. The van der Waals surface area contributed by atoms with Crippen LogP contribution >= 0.6 is 11.6 Å². The molecule has 0 aliphatic carbocycles. The Balaban J connectivity index is 3.15. The molecule has 1 atom stereocenters. The molecule has 1 aromatic carbocycles. The van der Waals surface area contributed by atoms with Gasteiger partial charge in [0, 0.05) is 17.6 Å². The molecule has 0 aromatic heterocycles. The number of nitrogens with two attached hydrogens (primary N) is 3. The number of anilines is 1. The molecular formula is C8H11ClFN3. The third kappa shape index (κ3) is 2.09. The molecule has 5 heteroatoms. The van der Waals surface area contributed by atoms with E-state index in [1.807, 2.05) is 0 Å². The van der Waals surface area contributed by atoms with Gasteiger partial charge in [-0.3, -0.25) is 0 Å². The average Bonchev–Trinajstić information content (AvgIpc) is 2.10. The third-order valence-electron chi connectivity index (χ3n) is 1.77. The minimum atomic E-state index is -0.525. The minimum Gasteiger partial charge on any atom is -0.396 e. The number of nitrogen functional groups attached to an aromatic ring is 1. The van der Waals surface area contributed by atoms with E-state index < -0.39 is 11.9 Å².